The molecule has 1 fully saturated rings. The van der Waals surface area contributed by atoms with Crippen molar-refractivity contribution in [3.8, 4) is 0 Å². The molecule has 1 atom stereocenters. The van der Waals surface area contributed by atoms with E-state index in [0.29, 0.717) is 5.11 Å². The molecule has 1 heterocycles. The highest BCUT2D eigenvalue weighted by atomic mass is 32.1. The summed E-state index contributed by atoms with van der Waals surface area (Å²) < 4.78 is 5.53. The van der Waals surface area contributed by atoms with Crippen molar-refractivity contribution in [2.24, 2.45) is 5.10 Å². The molecule has 3 N–H and O–H groups in total. The SMILES string of the molecule is C/C(=N/NC(=S)Nc1ccc(C)cc1)[C@H](c1ccccc1)[NH+]1CCOCC1. The maximum absolute atomic E-state index is 5.53. The summed E-state index contributed by atoms with van der Waals surface area (Å²) in [6.07, 6.45) is 0. The third-order valence-corrected chi connectivity index (χ3v) is 4.93. The van der Waals surface area contributed by atoms with E-state index in [-0.39, 0.29) is 6.04 Å². The fourth-order valence-corrected chi connectivity index (χ4v) is 3.50. The minimum absolute atomic E-state index is 0.185. The molecule has 1 saturated heterocycles. The van der Waals surface area contributed by atoms with Gasteiger partial charge in [0.2, 0.25) is 0 Å². The lowest BCUT2D eigenvalue weighted by molar-refractivity contribution is -0.928. The molecule has 142 valence electrons. The molecule has 6 heteroatoms. The number of nitrogens with one attached hydrogen (secondary N) is 3. The van der Waals surface area contributed by atoms with E-state index >= 15 is 0 Å². The van der Waals surface area contributed by atoms with E-state index < -0.39 is 0 Å². The zero-order chi connectivity index (χ0) is 19.1. The smallest absolute Gasteiger partial charge is 0.191 e. The van der Waals surface area contributed by atoms with Gasteiger partial charge in [-0.15, -0.1) is 0 Å². The van der Waals surface area contributed by atoms with Gasteiger partial charge in [-0.3, -0.25) is 5.43 Å². The van der Waals surface area contributed by atoms with Crippen molar-refractivity contribution in [1.29, 1.82) is 0 Å². The van der Waals surface area contributed by atoms with Crippen molar-refractivity contribution >= 4 is 28.7 Å². The van der Waals surface area contributed by atoms with Crippen molar-refractivity contribution in [2.45, 2.75) is 19.9 Å². The topological polar surface area (TPSA) is 50.1 Å². The van der Waals surface area contributed by atoms with Crippen molar-refractivity contribution in [3.05, 3.63) is 65.7 Å². The van der Waals surface area contributed by atoms with E-state index in [0.717, 1.165) is 37.7 Å². The number of thiocarbonyl (C=S) groups is 1. The Morgan fingerprint density at radius 1 is 1.07 bits per heavy atom. The molecule has 0 unspecified atom stereocenters. The molecule has 0 amide bonds. The highest BCUT2D eigenvalue weighted by Gasteiger charge is 2.29. The fraction of sp³-hybridized carbons (Fsp3) is 0.333. The van der Waals surface area contributed by atoms with Crippen LogP contribution in [-0.2, 0) is 4.74 Å². The lowest BCUT2D eigenvalue weighted by atomic mass is 10.0. The van der Waals surface area contributed by atoms with Crippen LogP contribution in [0.4, 0.5) is 5.69 Å². The van der Waals surface area contributed by atoms with Crippen molar-refractivity contribution < 1.29 is 9.64 Å². The predicted molar refractivity (Wildman–Crippen MR) is 114 cm³/mol. The van der Waals surface area contributed by atoms with Gasteiger partial charge in [0.05, 0.1) is 18.9 Å². The third-order valence-electron chi connectivity index (χ3n) is 4.74. The van der Waals surface area contributed by atoms with E-state index in [4.69, 9.17) is 17.0 Å². The van der Waals surface area contributed by atoms with Crippen LogP contribution in [0, 0.1) is 6.92 Å². The summed E-state index contributed by atoms with van der Waals surface area (Å²) in [5, 5.41) is 8.25. The van der Waals surface area contributed by atoms with Gasteiger partial charge < -0.3 is 15.0 Å². The molecule has 1 aliphatic heterocycles. The molecule has 27 heavy (non-hydrogen) atoms. The quantitative estimate of drug-likeness (QED) is 0.421. The first-order valence-corrected chi connectivity index (χ1v) is 9.69. The molecule has 0 aliphatic carbocycles. The van der Waals surface area contributed by atoms with Gasteiger partial charge >= 0.3 is 0 Å². The number of ether oxygens (including phenoxy) is 1. The van der Waals surface area contributed by atoms with Gasteiger partial charge in [-0.1, -0.05) is 48.0 Å². The summed E-state index contributed by atoms with van der Waals surface area (Å²) in [6, 6.07) is 18.8. The van der Waals surface area contributed by atoms with Crippen LogP contribution in [0.1, 0.15) is 24.1 Å². The highest BCUT2D eigenvalue weighted by molar-refractivity contribution is 7.80. The minimum Gasteiger partial charge on any atom is -0.370 e. The lowest BCUT2D eigenvalue weighted by Gasteiger charge is -2.31. The zero-order valence-corrected chi connectivity index (χ0v) is 16.7. The van der Waals surface area contributed by atoms with E-state index in [9.17, 15) is 0 Å². The second-order valence-corrected chi connectivity index (χ2v) is 7.21. The number of rotatable bonds is 5. The Balaban J connectivity index is 1.69. The number of nitrogens with zero attached hydrogens (tertiary/aromatic N) is 1. The van der Waals surface area contributed by atoms with Gasteiger partial charge in [0.1, 0.15) is 13.1 Å². The van der Waals surface area contributed by atoms with E-state index in [1.54, 1.807) is 0 Å². The average molecular weight is 384 g/mol. The molecule has 0 bridgehead atoms. The Hall–Kier alpha value is -2.28. The number of aryl methyl sites for hydroxylation is 1. The number of anilines is 1. The van der Waals surface area contributed by atoms with Gasteiger partial charge in [-0.2, -0.15) is 5.10 Å². The summed E-state index contributed by atoms with van der Waals surface area (Å²) in [4.78, 5) is 1.47. The molecule has 0 saturated carbocycles. The number of hydrogen-bond acceptors (Lipinski definition) is 3. The van der Waals surface area contributed by atoms with Crippen molar-refractivity contribution in [1.82, 2.24) is 5.43 Å². The van der Waals surface area contributed by atoms with E-state index in [1.165, 1.54) is 16.0 Å². The first-order chi connectivity index (χ1) is 13.1. The fourth-order valence-electron chi connectivity index (χ4n) is 3.34. The largest absolute Gasteiger partial charge is 0.370 e. The normalized spacial score (nSPS) is 16.6. The Labute approximate surface area is 166 Å². The van der Waals surface area contributed by atoms with Crippen LogP contribution in [0.25, 0.3) is 0 Å². The Bertz CT molecular complexity index is 771. The molecule has 0 spiro atoms. The first-order valence-electron chi connectivity index (χ1n) is 9.28. The van der Waals surface area contributed by atoms with Gasteiger partial charge in [0.15, 0.2) is 11.2 Å². The monoisotopic (exact) mass is 383 g/mol. The summed E-state index contributed by atoms with van der Waals surface area (Å²) in [5.74, 6) is 0. The van der Waals surface area contributed by atoms with Crippen LogP contribution in [0.5, 0.6) is 0 Å². The first kappa shape index (κ1) is 19.5. The Morgan fingerprint density at radius 3 is 2.41 bits per heavy atom. The Kier molecular flexibility index (Phi) is 6.92. The number of quaternary nitrogens is 1. The van der Waals surface area contributed by atoms with Crippen molar-refractivity contribution in [2.75, 3.05) is 31.6 Å². The third kappa shape index (κ3) is 5.60. The van der Waals surface area contributed by atoms with Crippen LogP contribution in [0.15, 0.2) is 59.7 Å². The molecular weight excluding hydrogens is 356 g/mol. The standard InChI is InChI=1S/C21H26N4OS/c1-16-8-10-19(11-9-16)22-21(27)24-23-17(2)20(18-6-4-3-5-7-18)25-12-14-26-15-13-25/h3-11,20H,12-15H2,1-2H3,(H2,22,24,27)/p+1/b23-17-/t20-/m1/s1. The predicted octanol–water partition coefficient (Wildman–Crippen LogP) is 2.31. The number of hydrogen-bond donors (Lipinski definition) is 3. The number of morpholine rings is 1. The Morgan fingerprint density at radius 2 is 1.74 bits per heavy atom. The molecule has 1 aliphatic rings. The summed E-state index contributed by atoms with van der Waals surface area (Å²) >= 11 is 5.39. The van der Waals surface area contributed by atoms with Gasteiger partial charge in [-0.25, -0.2) is 0 Å². The summed E-state index contributed by atoms with van der Waals surface area (Å²) in [7, 11) is 0. The van der Waals surface area contributed by atoms with Crippen molar-refractivity contribution in [3.63, 3.8) is 0 Å². The maximum Gasteiger partial charge on any atom is 0.191 e. The minimum atomic E-state index is 0.185. The summed E-state index contributed by atoms with van der Waals surface area (Å²) in [6.45, 7) is 7.63. The maximum atomic E-state index is 5.53. The molecule has 5 nitrogen and oxygen atoms in total. The second kappa shape index (κ2) is 9.60. The van der Waals surface area contributed by atoms with Crippen LogP contribution in [0.2, 0.25) is 0 Å². The molecular formula is C21H27N4OS+. The van der Waals surface area contributed by atoms with Gasteiger partial charge in [0.25, 0.3) is 0 Å². The summed E-state index contributed by atoms with van der Waals surface area (Å²) in [5.41, 5.74) is 7.43. The van der Waals surface area contributed by atoms with Crippen LogP contribution in [-0.4, -0.2) is 37.1 Å². The van der Waals surface area contributed by atoms with E-state index in [1.807, 2.05) is 30.3 Å². The van der Waals surface area contributed by atoms with Gasteiger partial charge in [-0.05, 0) is 38.2 Å². The molecule has 2 aromatic carbocycles. The lowest BCUT2D eigenvalue weighted by Crippen LogP contribution is -3.15. The molecule has 3 rings (SSSR count). The van der Waals surface area contributed by atoms with E-state index in [2.05, 4.69) is 54.0 Å². The highest BCUT2D eigenvalue weighted by Crippen LogP contribution is 2.12. The molecule has 0 radical (unpaired) electrons. The molecule has 2 aromatic rings. The second-order valence-electron chi connectivity index (χ2n) is 6.80. The van der Waals surface area contributed by atoms with Crippen LogP contribution < -0.4 is 15.6 Å². The van der Waals surface area contributed by atoms with Gasteiger partial charge in [0, 0.05) is 11.3 Å². The van der Waals surface area contributed by atoms with Crippen LogP contribution in [0.3, 0.4) is 0 Å². The number of benzene rings is 2. The number of hydrazone groups is 1. The van der Waals surface area contributed by atoms with Crippen LogP contribution >= 0.6 is 12.2 Å². The zero-order valence-electron chi connectivity index (χ0n) is 15.9. The molecule has 0 aromatic heterocycles. The average Bonchev–Trinajstić information content (AvgIpc) is 2.70.